The van der Waals surface area contributed by atoms with Crippen LogP contribution in [0.25, 0.3) is 0 Å². The molecule has 0 saturated carbocycles. The molecule has 1 aromatic rings. The highest BCUT2D eigenvalue weighted by molar-refractivity contribution is 5.06. The van der Waals surface area contributed by atoms with E-state index in [0.717, 1.165) is 5.69 Å². The summed E-state index contributed by atoms with van der Waals surface area (Å²) in [5.41, 5.74) is 0.951. The minimum absolute atomic E-state index is 0.0416. The number of hydrogen-bond donors (Lipinski definition) is 1. The Labute approximate surface area is 97.5 Å². The third kappa shape index (κ3) is 3.00. The smallest absolute Gasteiger partial charge is 0.0829 e. The van der Waals surface area contributed by atoms with Gasteiger partial charge in [-0.2, -0.15) is 0 Å². The number of likely N-dealkylation sites (N-methyl/N-ethyl adjacent to an activating group) is 1. The lowest BCUT2D eigenvalue weighted by molar-refractivity contribution is -0.0112. The first kappa shape index (κ1) is 13.1. The molecule has 0 bridgehead atoms. The maximum atomic E-state index is 5.59. The maximum Gasteiger partial charge on any atom is 0.0829 e. The van der Waals surface area contributed by atoms with Crippen molar-refractivity contribution in [1.29, 1.82) is 0 Å². The molecule has 4 heteroatoms. The number of nitrogens with zero attached hydrogens (tertiary/aromatic N) is 2. The maximum absolute atomic E-state index is 5.59. The van der Waals surface area contributed by atoms with Crippen LogP contribution in [-0.2, 0) is 4.74 Å². The van der Waals surface area contributed by atoms with Crippen molar-refractivity contribution >= 4 is 0 Å². The first-order valence-corrected chi connectivity index (χ1v) is 5.46. The Kier molecular flexibility index (Phi) is 4.38. The van der Waals surface area contributed by atoms with Gasteiger partial charge in [-0.3, -0.25) is 9.97 Å². The first-order valence-electron chi connectivity index (χ1n) is 5.46. The monoisotopic (exact) mass is 223 g/mol. The Morgan fingerprint density at radius 3 is 2.38 bits per heavy atom. The predicted octanol–water partition coefficient (Wildman–Crippen LogP) is 1.80. The van der Waals surface area contributed by atoms with Gasteiger partial charge >= 0.3 is 0 Å². The van der Waals surface area contributed by atoms with Gasteiger partial charge in [-0.05, 0) is 12.5 Å². The molecule has 0 fully saturated rings. The highest BCUT2D eigenvalue weighted by atomic mass is 16.5. The summed E-state index contributed by atoms with van der Waals surface area (Å²) in [6, 6.07) is 0.0544. The van der Waals surface area contributed by atoms with Crippen molar-refractivity contribution in [2.24, 2.45) is 5.41 Å². The zero-order chi connectivity index (χ0) is 12.2. The van der Waals surface area contributed by atoms with E-state index in [9.17, 15) is 0 Å². The lowest BCUT2D eigenvalue weighted by Crippen LogP contribution is -2.40. The van der Waals surface area contributed by atoms with E-state index in [1.165, 1.54) is 0 Å². The van der Waals surface area contributed by atoms with Gasteiger partial charge in [0.05, 0.1) is 24.0 Å². The Hall–Kier alpha value is -1.00. The molecule has 0 aliphatic carbocycles. The summed E-state index contributed by atoms with van der Waals surface area (Å²) in [6.07, 6.45) is 5.21. The molecule has 0 radical (unpaired) electrons. The van der Waals surface area contributed by atoms with Gasteiger partial charge < -0.3 is 10.1 Å². The van der Waals surface area contributed by atoms with Crippen LogP contribution in [0.5, 0.6) is 0 Å². The van der Waals surface area contributed by atoms with Gasteiger partial charge in [0, 0.05) is 19.5 Å². The number of aromatic nitrogens is 2. The number of rotatable bonds is 4. The summed E-state index contributed by atoms with van der Waals surface area (Å²) in [5.74, 6) is 0. The summed E-state index contributed by atoms with van der Waals surface area (Å²) in [4.78, 5) is 8.42. The second kappa shape index (κ2) is 5.37. The molecule has 0 spiro atoms. The van der Waals surface area contributed by atoms with Crippen LogP contribution in [0.3, 0.4) is 0 Å². The molecule has 1 rings (SSSR count). The molecule has 0 aromatic carbocycles. The Bertz CT molecular complexity index is 308. The minimum atomic E-state index is 0.0416. The molecule has 0 aliphatic heterocycles. The Morgan fingerprint density at radius 2 is 2.00 bits per heavy atom. The van der Waals surface area contributed by atoms with Crippen molar-refractivity contribution in [3.05, 3.63) is 24.3 Å². The van der Waals surface area contributed by atoms with Crippen molar-refractivity contribution in [2.75, 3.05) is 14.2 Å². The first-order chi connectivity index (χ1) is 7.50. The van der Waals surface area contributed by atoms with Gasteiger partial charge in [0.1, 0.15) is 0 Å². The van der Waals surface area contributed by atoms with Crippen molar-refractivity contribution in [3.63, 3.8) is 0 Å². The molecule has 1 aromatic heterocycles. The fourth-order valence-corrected chi connectivity index (χ4v) is 1.92. The molecule has 0 saturated heterocycles. The molecule has 2 unspecified atom stereocenters. The third-order valence-electron chi connectivity index (χ3n) is 2.62. The van der Waals surface area contributed by atoms with Crippen LogP contribution in [0.2, 0.25) is 0 Å². The summed E-state index contributed by atoms with van der Waals surface area (Å²) >= 11 is 0. The predicted molar refractivity (Wildman–Crippen MR) is 64.1 cm³/mol. The Morgan fingerprint density at radius 1 is 1.31 bits per heavy atom. The molecule has 0 aliphatic rings. The van der Waals surface area contributed by atoms with E-state index < -0.39 is 0 Å². The second-order valence-electron chi connectivity index (χ2n) is 4.92. The van der Waals surface area contributed by atoms with Crippen LogP contribution < -0.4 is 5.32 Å². The summed E-state index contributed by atoms with van der Waals surface area (Å²) in [6.45, 7) is 6.46. The van der Waals surface area contributed by atoms with Crippen molar-refractivity contribution in [2.45, 2.75) is 32.9 Å². The van der Waals surface area contributed by atoms with E-state index in [1.807, 2.05) is 7.05 Å². The van der Waals surface area contributed by atoms with E-state index in [-0.39, 0.29) is 17.6 Å². The molecule has 1 N–H and O–H groups in total. The number of hydrogen-bond acceptors (Lipinski definition) is 4. The van der Waals surface area contributed by atoms with Crippen molar-refractivity contribution in [3.8, 4) is 0 Å². The molecule has 0 amide bonds. The van der Waals surface area contributed by atoms with Crippen LogP contribution in [0.15, 0.2) is 18.6 Å². The SMILES string of the molecule is CNC(c1cnccn1)C(OC)C(C)(C)C. The summed E-state index contributed by atoms with van der Waals surface area (Å²) in [7, 11) is 3.65. The van der Waals surface area contributed by atoms with Gasteiger partial charge in [-0.1, -0.05) is 20.8 Å². The molecule has 1 heterocycles. The molecular weight excluding hydrogens is 202 g/mol. The van der Waals surface area contributed by atoms with Crippen LogP contribution in [0.1, 0.15) is 32.5 Å². The zero-order valence-corrected chi connectivity index (χ0v) is 10.7. The van der Waals surface area contributed by atoms with Crippen LogP contribution in [-0.4, -0.2) is 30.2 Å². The van der Waals surface area contributed by atoms with E-state index in [4.69, 9.17) is 4.74 Å². The molecule has 4 nitrogen and oxygen atoms in total. The zero-order valence-electron chi connectivity index (χ0n) is 10.7. The van der Waals surface area contributed by atoms with E-state index in [0.29, 0.717) is 0 Å². The summed E-state index contributed by atoms with van der Waals surface area (Å²) in [5, 5.41) is 3.25. The van der Waals surface area contributed by atoms with Crippen LogP contribution >= 0.6 is 0 Å². The van der Waals surface area contributed by atoms with E-state index in [1.54, 1.807) is 25.7 Å². The average Bonchev–Trinajstić information content (AvgIpc) is 2.25. The lowest BCUT2D eigenvalue weighted by atomic mass is 9.83. The van der Waals surface area contributed by atoms with Crippen molar-refractivity contribution in [1.82, 2.24) is 15.3 Å². The topological polar surface area (TPSA) is 47.0 Å². The Balaban J connectivity index is 2.97. The van der Waals surface area contributed by atoms with Crippen LogP contribution in [0.4, 0.5) is 0 Å². The van der Waals surface area contributed by atoms with Crippen LogP contribution in [0, 0.1) is 5.41 Å². The fraction of sp³-hybridized carbons (Fsp3) is 0.667. The number of methoxy groups -OCH3 is 1. The highest BCUT2D eigenvalue weighted by Gasteiger charge is 2.33. The van der Waals surface area contributed by atoms with E-state index in [2.05, 4.69) is 36.1 Å². The molecule has 2 atom stereocenters. The van der Waals surface area contributed by atoms with Gasteiger partial charge in [-0.25, -0.2) is 0 Å². The number of nitrogens with one attached hydrogen (secondary N) is 1. The normalized spacial score (nSPS) is 15.8. The molecule has 16 heavy (non-hydrogen) atoms. The van der Waals surface area contributed by atoms with Gasteiger partial charge in [0.25, 0.3) is 0 Å². The van der Waals surface area contributed by atoms with Gasteiger partial charge in [-0.15, -0.1) is 0 Å². The standard InChI is InChI=1S/C12H21N3O/c1-12(2,3)11(16-5)10(13-4)9-8-14-6-7-15-9/h6-8,10-11,13H,1-5H3. The molecule has 90 valence electrons. The fourth-order valence-electron chi connectivity index (χ4n) is 1.92. The van der Waals surface area contributed by atoms with Gasteiger partial charge in [0.2, 0.25) is 0 Å². The average molecular weight is 223 g/mol. The highest BCUT2D eigenvalue weighted by Crippen LogP contribution is 2.31. The number of ether oxygens (including phenoxy) is 1. The minimum Gasteiger partial charge on any atom is -0.379 e. The quantitative estimate of drug-likeness (QED) is 0.845. The molecular formula is C12H21N3O. The van der Waals surface area contributed by atoms with Gasteiger partial charge in [0.15, 0.2) is 0 Å². The second-order valence-corrected chi connectivity index (χ2v) is 4.92. The summed E-state index contributed by atoms with van der Waals surface area (Å²) < 4.78 is 5.59. The largest absolute Gasteiger partial charge is 0.379 e. The van der Waals surface area contributed by atoms with Crippen molar-refractivity contribution < 1.29 is 4.74 Å². The third-order valence-corrected chi connectivity index (χ3v) is 2.62. The lowest BCUT2D eigenvalue weighted by Gasteiger charge is -2.35. The van der Waals surface area contributed by atoms with E-state index >= 15 is 0 Å².